The third-order valence-electron chi connectivity index (χ3n) is 5.21. The molecule has 0 saturated heterocycles. The van der Waals surface area contributed by atoms with Crippen molar-refractivity contribution in [3.8, 4) is 0 Å². The van der Waals surface area contributed by atoms with Crippen molar-refractivity contribution in [3.63, 3.8) is 0 Å². The van der Waals surface area contributed by atoms with Gasteiger partial charge in [0.25, 0.3) is 5.91 Å². The van der Waals surface area contributed by atoms with E-state index in [1.54, 1.807) is 6.21 Å². The van der Waals surface area contributed by atoms with E-state index >= 15 is 0 Å². The maximum Gasteiger partial charge on any atom is 0.259 e. The second kappa shape index (κ2) is 9.90. The fourth-order valence-electron chi connectivity index (χ4n) is 3.59. The molecule has 32 heavy (non-hydrogen) atoms. The molecule has 5 nitrogen and oxygen atoms in total. The predicted octanol–water partition coefficient (Wildman–Crippen LogP) is 5.87. The Morgan fingerprint density at radius 2 is 1.75 bits per heavy atom. The van der Waals surface area contributed by atoms with Crippen molar-refractivity contribution >= 4 is 51.9 Å². The van der Waals surface area contributed by atoms with E-state index in [0.717, 1.165) is 33.4 Å². The summed E-state index contributed by atoms with van der Waals surface area (Å²) in [5.74, 6) is -0.220. The van der Waals surface area contributed by atoms with Crippen molar-refractivity contribution in [1.29, 1.82) is 0 Å². The van der Waals surface area contributed by atoms with Gasteiger partial charge in [-0.15, -0.1) is 0 Å². The van der Waals surface area contributed by atoms with Crippen LogP contribution in [0.4, 0.5) is 5.69 Å². The smallest absolute Gasteiger partial charge is 0.259 e. The van der Waals surface area contributed by atoms with E-state index in [9.17, 15) is 4.79 Å². The van der Waals surface area contributed by atoms with Crippen LogP contribution in [0.2, 0.25) is 10.0 Å². The van der Waals surface area contributed by atoms with Crippen LogP contribution >= 0.6 is 23.2 Å². The van der Waals surface area contributed by atoms with Gasteiger partial charge in [0.2, 0.25) is 0 Å². The van der Waals surface area contributed by atoms with Crippen LogP contribution in [-0.4, -0.2) is 23.2 Å². The second-order valence-electron chi connectivity index (χ2n) is 7.36. The fourth-order valence-corrected chi connectivity index (χ4v) is 3.91. The maximum atomic E-state index is 12.1. The third-order valence-corrected chi connectivity index (χ3v) is 5.95. The number of nitrogens with one attached hydrogen (secondary N) is 2. The number of hydrazone groups is 1. The molecule has 0 aliphatic rings. The first-order chi connectivity index (χ1) is 15.5. The molecule has 0 unspecified atom stereocenters. The van der Waals surface area contributed by atoms with Gasteiger partial charge >= 0.3 is 0 Å². The Bertz CT molecular complexity index is 1280. The molecule has 1 aromatic heterocycles. The summed E-state index contributed by atoms with van der Waals surface area (Å²) < 4.78 is 2.20. The number of nitrogens with zero attached hydrogens (tertiary/aromatic N) is 2. The van der Waals surface area contributed by atoms with Crippen molar-refractivity contribution in [1.82, 2.24) is 9.99 Å². The Morgan fingerprint density at radius 1 is 1.00 bits per heavy atom. The van der Waals surface area contributed by atoms with Crippen LogP contribution in [0.15, 0.2) is 77.9 Å². The number of carbonyl (C=O) groups excluding carboxylic acids is 1. The first-order valence-corrected chi connectivity index (χ1v) is 10.9. The van der Waals surface area contributed by atoms with Gasteiger partial charge in [-0.05, 0) is 42.8 Å². The Labute approximate surface area is 196 Å². The minimum absolute atomic E-state index is 0.138. The van der Waals surface area contributed by atoms with Crippen molar-refractivity contribution < 1.29 is 4.79 Å². The minimum Gasteiger partial charge on any atom is -0.376 e. The SMILES string of the molecule is Cc1c(/C=N\NC(=O)CNc2ccccc2)c2ccccc2n1Cc1ccc(Cl)c(Cl)c1. The van der Waals surface area contributed by atoms with E-state index in [-0.39, 0.29) is 12.5 Å². The van der Waals surface area contributed by atoms with Gasteiger partial charge in [0.15, 0.2) is 0 Å². The number of aromatic nitrogens is 1. The van der Waals surface area contributed by atoms with Gasteiger partial charge in [-0.3, -0.25) is 4.79 Å². The van der Waals surface area contributed by atoms with Gasteiger partial charge in [0, 0.05) is 34.4 Å². The van der Waals surface area contributed by atoms with Crippen LogP contribution in [0, 0.1) is 6.92 Å². The molecule has 162 valence electrons. The van der Waals surface area contributed by atoms with Crippen LogP contribution in [0.5, 0.6) is 0 Å². The van der Waals surface area contributed by atoms with E-state index in [1.165, 1.54) is 0 Å². The average Bonchev–Trinajstić information content (AvgIpc) is 3.07. The third kappa shape index (κ3) is 4.96. The molecule has 1 amide bonds. The number of benzene rings is 3. The van der Waals surface area contributed by atoms with E-state index in [0.29, 0.717) is 16.6 Å². The van der Waals surface area contributed by atoms with Crippen molar-refractivity contribution in [2.45, 2.75) is 13.5 Å². The number of fused-ring (bicyclic) bond motifs is 1. The van der Waals surface area contributed by atoms with Crippen LogP contribution in [0.25, 0.3) is 10.9 Å². The first-order valence-electron chi connectivity index (χ1n) is 10.2. The zero-order valence-electron chi connectivity index (χ0n) is 17.5. The van der Waals surface area contributed by atoms with Crippen LogP contribution < -0.4 is 10.7 Å². The summed E-state index contributed by atoms with van der Waals surface area (Å²) in [6.45, 7) is 2.82. The van der Waals surface area contributed by atoms with E-state index in [4.69, 9.17) is 23.2 Å². The van der Waals surface area contributed by atoms with Gasteiger partial charge in [-0.1, -0.05) is 65.7 Å². The lowest BCUT2D eigenvalue weighted by Crippen LogP contribution is -2.25. The number of hydrogen-bond donors (Lipinski definition) is 2. The molecule has 0 saturated carbocycles. The molecular weight excluding hydrogens is 443 g/mol. The molecule has 0 aliphatic carbocycles. The topological polar surface area (TPSA) is 58.4 Å². The maximum absolute atomic E-state index is 12.1. The van der Waals surface area contributed by atoms with E-state index in [2.05, 4.69) is 26.5 Å². The fraction of sp³-hybridized carbons (Fsp3) is 0.120. The molecule has 4 aromatic rings. The predicted molar refractivity (Wildman–Crippen MR) is 133 cm³/mol. The highest BCUT2D eigenvalue weighted by Gasteiger charge is 2.13. The van der Waals surface area contributed by atoms with Crippen LogP contribution in [0.3, 0.4) is 0 Å². The number of rotatable bonds is 7. The molecule has 0 aliphatic heterocycles. The summed E-state index contributed by atoms with van der Waals surface area (Å²) in [5.41, 5.74) is 7.60. The van der Waals surface area contributed by atoms with Crippen LogP contribution in [-0.2, 0) is 11.3 Å². The molecule has 0 atom stereocenters. The lowest BCUT2D eigenvalue weighted by molar-refractivity contribution is -0.119. The number of amides is 1. The number of halogens is 2. The number of carbonyl (C=O) groups is 1. The van der Waals surface area contributed by atoms with Gasteiger partial charge in [0.05, 0.1) is 22.8 Å². The lowest BCUT2D eigenvalue weighted by Gasteiger charge is -2.09. The Balaban J connectivity index is 1.52. The first kappa shape index (κ1) is 21.9. The molecule has 2 N–H and O–H groups in total. The molecule has 0 radical (unpaired) electrons. The largest absolute Gasteiger partial charge is 0.376 e. The van der Waals surface area contributed by atoms with Crippen molar-refractivity contribution in [2.75, 3.05) is 11.9 Å². The Morgan fingerprint density at radius 3 is 2.53 bits per heavy atom. The summed E-state index contributed by atoms with van der Waals surface area (Å²) in [5, 5.41) is 9.39. The summed E-state index contributed by atoms with van der Waals surface area (Å²) in [7, 11) is 0. The van der Waals surface area contributed by atoms with E-state index in [1.807, 2.05) is 73.7 Å². The molecule has 0 fully saturated rings. The summed E-state index contributed by atoms with van der Waals surface area (Å²) >= 11 is 12.3. The molecule has 4 rings (SSSR count). The van der Waals surface area contributed by atoms with Gasteiger partial charge < -0.3 is 9.88 Å². The molecule has 0 bridgehead atoms. The second-order valence-corrected chi connectivity index (χ2v) is 8.18. The highest BCUT2D eigenvalue weighted by Crippen LogP contribution is 2.27. The number of para-hydroxylation sites is 2. The highest BCUT2D eigenvalue weighted by atomic mass is 35.5. The molecule has 7 heteroatoms. The lowest BCUT2D eigenvalue weighted by atomic mass is 10.1. The normalized spacial score (nSPS) is 11.2. The Hall–Kier alpha value is -3.28. The van der Waals surface area contributed by atoms with E-state index < -0.39 is 0 Å². The van der Waals surface area contributed by atoms with Crippen LogP contribution in [0.1, 0.15) is 16.8 Å². The number of anilines is 1. The standard InChI is InChI=1S/C25H22Cl2N4O/c1-17-21(14-29-30-25(32)15-28-19-7-3-2-4-8-19)20-9-5-6-10-24(20)31(17)16-18-11-12-22(26)23(27)13-18/h2-14,28H,15-16H2,1H3,(H,30,32)/b29-14-. The number of hydrogen-bond acceptors (Lipinski definition) is 3. The van der Waals surface area contributed by atoms with Gasteiger partial charge in [-0.25, -0.2) is 5.43 Å². The van der Waals surface area contributed by atoms with Gasteiger partial charge in [0.1, 0.15) is 0 Å². The summed E-state index contributed by atoms with van der Waals surface area (Å²) in [4.78, 5) is 12.1. The zero-order valence-corrected chi connectivity index (χ0v) is 19.0. The molecule has 0 spiro atoms. The molecule has 3 aromatic carbocycles. The van der Waals surface area contributed by atoms with Crippen molar-refractivity contribution in [2.24, 2.45) is 5.10 Å². The zero-order chi connectivity index (χ0) is 22.5. The Kier molecular flexibility index (Phi) is 6.78. The van der Waals surface area contributed by atoms with Crippen molar-refractivity contribution in [3.05, 3.63) is 99.7 Å². The average molecular weight is 465 g/mol. The quantitative estimate of drug-likeness (QED) is 0.265. The summed E-state index contributed by atoms with van der Waals surface area (Å²) in [6.07, 6.45) is 1.70. The summed E-state index contributed by atoms with van der Waals surface area (Å²) in [6, 6.07) is 23.3. The minimum atomic E-state index is -0.220. The molecular formula is C25H22Cl2N4O. The highest BCUT2D eigenvalue weighted by molar-refractivity contribution is 6.42. The monoisotopic (exact) mass is 464 g/mol. The molecule has 1 heterocycles. The van der Waals surface area contributed by atoms with Gasteiger partial charge in [-0.2, -0.15) is 5.10 Å².